The molecule has 1 aliphatic heterocycles. The quantitative estimate of drug-likeness (QED) is 0.626. The van der Waals surface area contributed by atoms with Gasteiger partial charge in [0.05, 0.1) is 24.0 Å². The minimum absolute atomic E-state index is 0.200. The molecule has 2 heterocycles. The van der Waals surface area contributed by atoms with Gasteiger partial charge in [-0.1, -0.05) is 6.92 Å². The minimum atomic E-state index is 0.200. The molecule has 3 rings (SSSR count). The zero-order valence-electron chi connectivity index (χ0n) is 12.5. The van der Waals surface area contributed by atoms with Crippen LogP contribution in [0.25, 0.3) is 0 Å². The van der Waals surface area contributed by atoms with Gasteiger partial charge in [0.15, 0.2) is 0 Å². The monoisotopic (exact) mass is 287 g/mol. The first-order chi connectivity index (χ1) is 10.2. The molecule has 112 valence electrons. The van der Waals surface area contributed by atoms with E-state index < -0.39 is 0 Å². The molecule has 6 nitrogen and oxygen atoms in total. The summed E-state index contributed by atoms with van der Waals surface area (Å²) < 4.78 is 0. The van der Waals surface area contributed by atoms with Crippen LogP contribution < -0.4 is 0 Å². The van der Waals surface area contributed by atoms with Gasteiger partial charge in [-0.3, -0.25) is 14.8 Å². The molecule has 2 aliphatic rings. The number of amidine groups is 1. The Kier molecular flexibility index (Phi) is 3.86. The lowest BCUT2D eigenvalue weighted by atomic mass is 9.82. The molecular formula is C15H21N5O. The van der Waals surface area contributed by atoms with Crippen molar-refractivity contribution in [1.29, 1.82) is 0 Å². The Hall–Kier alpha value is -1.98. The Morgan fingerprint density at radius 3 is 2.86 bits per heavy atom. The van der Waals surface area contributed by atoms with Gasteiger partial charge >= 0.3 is 0 Å². The van der Waals surface area contributed by atoms with Crippen LogP contribution in [0.5, 0.6) is 0 Å². The van der Waals surface area contributed by atoms with E-state index in [1.807, 2.05) is 7.05 Å². The highest BCUT2D eigenvalue weighted by Gasteiger charge is 2.33. The van der Waals surface area contributed by atoms with Crippen molar-refractivity contribution >= 4 is 12.2 Å². The Balaban J connectivity index is 1.72. The van der Waals surface area contributed by atoms with Gasteiger partial charge in [-0.25, -0.2) is 5.01 Å². The number of rotatable bonds is 4. The summed E-state index contributed by atoms with van der Waals surface area (Å²) in [6, 6.07) is 0.472. The Morgan fingerprint density at radius 1 is 1.43 bits per heavy atom. The van der Waals surface area contributed by atoms with Crippen molar-refractivity contribution in [2.24, 2.45) is 11.0 Å². The fourth-order valence-electron chi connectivity index (χ4n) is 3.17. The Morgan fingerprint density at radius 2 is 2.24 bits per heavy atom. The van der Waals surface area contributed by atoms with Crippen LogP contribution in [0, 0.1) is 5.92 Å². The molecule has 1 aliphatic carbocycles. The standard InChI is InChI=1S/C15H21N5O/c1-11-7-12(8-11)20(10-21)18-15-4-3-14(19(15)2)13-9-16-5-6-17-13/h5-6,9-12,14H,3-4,7-8H2,1-2H3/b18-15-. The lowest BCUT2D eigenvalue weighted by molar-refractivity contribution is -0.122. The molecule has 6 heteroatoms. The normalized spacial score (nSPS) is 30.3. The summed E-state index contributed by atoms with van der Waals surface area (Å²) >= 11 is 0. The second-order valence-electron chi connectivity index (χ2n) is 6.03. The van der Waals surface area contributed by atoms with E-state index in [1.54, 1.807) is 23.6 Å². The van der Waals surface area contributed by atoms with Gasteiger partial charge in [-0.2, -0.15) is 5.10 Å². The molecule has 1 saturated heterocycles. The highest BCUT2D eigenvalue weighted by molar-refractivity contribution is 5.84. The summed E-state index contributed by atoms with van der Waals surface area (Å²) in [6.07, 6.45) is 9.97. The van der Waals surface area contributed by atoms with E-state index in [1.165, 1.54) is 0 Å². The van der Waals surface area contributed by atoms with Crippen molar-refractivity contribution < 1.29 is 4.79 Å². The first-order valence-electron chi connectivity index (χ1n) is 7.49. The second-order valence-corrected chi connectivity index (χ2v) is 6.03. The molecule has 1 saturated carbocycles. The highest BCUT2D eigenvalue weighted by atomic mass is 16.1. The molecule has 1 atom stereocenters. The van der Waals surface area contributed by atoms with Gasteiger partial charge in [0.2, 0.25) is 6.41 Å². The third-order valence-electron chi connectivity index (χ3n) is 4.50. The molecule has 0 aromatic carbocycles. The van der Waals surface area contributed by atoms with Crippen molar-refractivity contribution in [3.05, 3.63) is 24.3 Å². The molecule has 0 bridgehead atoms. The second kappa shape index (κ2) is 5.79. The van der Waals surface area contributed by atoms with E-state index in [4.69, 9.17) is 0 Å². The number of hydrogen-bond acceptors (Lipinski definition) is 4. The molecule has 0 radical (unpaired) electrons. The van der Waals surface area contributed by atoms with Crippen LogP contribution in [0.4, 0.5) is 0 Å². The van der Waals surface area contributed by atoms with E-state index in [0.717, 1.165) is 43.6 Å². The maximum atomic E-state index is 11.3. The van der Waals surface area contributed by atoms with E-state index in [2.05, 4.69) is 26.9 Å². The molecule has 0 N–H and O–H groups in total. The summed E-state index contributed by atoms with van der Waals surface area (Å²) in [6.45, 7) is 2.21. The van der Waals surface area contributed by atoms with Crippen LogP contribution in [-0.2, 0) is 4.79 Å². The van der Waals surface area contributed by atoms with Crippen molar-refractivity contribution in [3.8, 4) is 0 Å². The van der Waals surface area contributed by atoms with E-state index in [0.29, 0.717) is 5.92 Å². The van der Waals surface area contributed by atoms with Gasteiger partial charge in [0, 0.05) is 25.9 Å². The largest absolute Gasteiger partial charge is 0.353 e. The number of hydrazone groups is 1. The zero-order chi connectivity index (χ0) is 14.8. The van der Waals surface area contributed by atoms with Gasteiger partial charge < -0.3 is 4.90 Å². The number of likely N-dealkylation sites (tertiary alicyclic amines) is 1. The maximum Gasteiger partial charge on any atom is 0.230 e. The van der Waals surface area contributed by atoms with Gasteiger partial charge in [0.25, 0.3) is 0 Å². The summed E-state index contributed by atoms with van der Waals surface area (Å²) in [5.74, 6) is 1.66. The average molecular weight is 287 g/mol. The molecule has 21 heavy (non-hydrogen) atoms. The first-order valence-corrected chi connectivity index (χ1v) is 7.49. The zero-order valence-corrected chi connectivity index (χ0v) is 12.5. The van der Waals surface area contributed by atoms with Crippen LogP contribution in [0.15, 0.2) is 23.7 Å². The molecule has 1 aromatic rings. The fraction of sp³-hybridized carbons (Fsp3) is 0.600. The van der Waals surface area contributed by atoms with Crippen LogP contribution >= 0.6 is 0 Å². The van der Waals surface area contributed by atoms with Gasteiger partial charge in [-0.15, -0.1) is 0 Å². The van der Waals surface area contributed by atoms with Crippen LogP contribution in [-0.4, -0.2) is 45.2 Å². The van der Waals surface area contributed by atoms with Crippen molar-refractivity contribution in [1.82, 2.24) is 19.9 Å². The number of carbonyl (C=O) groups is 1. The Bertz CT molecular complexity index is 526. The number of amides is 1. The molecule has 2 fully saturated rings. The summed E-state index contributed by atoms with van der Waals surface area (Å²) in [7, 11) is 2.01. The first kappa shape index (κ1) is 14.0. The SMILES string of the molecule is CC1CC(N(C=O)/N=C2/CCC(c3cnccn3)N2C)C1. The van der Waals surface area contributed by atoms with Crippen molar-refractivity contribution in [2.45, 2.75) is 44.7 Å². The molecular weight excluding hydrogens is 266 g/mol. The smallest absolute Gasteiger partial charge is 0.230 e. The third-order valence-corrected chi connectivity index (χ3v) is 4.50. The highest BCUT2D eigenvalue weighted by Crippen LogP contribution is 2.33. The summed E-state index contributed by atoms with van der Waals surface area (Å²) in [5, 5.41) is 6.17. The van der Waals surface area contributed by atoms with E-state index in [9.17, 15) is 4.79 Å². The van der Waals surface area contributed by atoms with Gasteiger partial charge in [-0.05, 0) is 25.2 Å². The number of hydrogen-bond donors (Lipinski definition) is 0. The average Bonchev–Trinajstić information content (AvgIpc) is 2.84. The third kappa shape index (κ3) is 2.75. The topological polar surface area (TPSA) is 61.7 Å². The van der Waals surface area contributed by atoms with E-state index in [-0.39, 0.29) is 12.1 Å². The van der Waals surface area contributed by atoms with Crippen LogP contribution in [0.1, 0.15) is 44.3 Å². The number of nitrogens with zero attached hydrogens (tertiary/aromatic N) is 5. The summed E-state index contributed by atoms with van der Waals surface area (Å²) in [5.41, 5.74) is 0.958. The van der Waals surface area contributed by atoms with Crippen LogP contribution in [0.2, 0.25) is 0 Å². The van der Waals surface area contributed by atoms with Crippen molar-refractivity contribution in [2.75, 3.05) is 7.05 Å². The molecule has 0 spiro atoms. The summed E-state index contributed by atoms with van der Waals surface area (Å²) in [4.78, 5) is 21.9. The fourth-order valence-corrected chi connectivity index (χ4v) is 3.17. The molecule has 1 aromatic heterocycles. The van der Waals surface area contributed by atoms with Gasteiger partial charge in [0.1, 0.15) is 5.84 Å². The lowest BCUT2D eigenvalue weighted by Crippen LogP contribution is -2.41. The lowest BCUT2D eigenvalue weighted by Gasteiger charge is -2.37. The predicted molar refractivity (Wildman–Crippen MR) is 79.3 cm³/mol. The number of aromatic nitrogens is 2. The molecule has 1 amide bonds. The Labute approximate surface area is 124 Å². The van der Waals surface area contributed by atoms with Crippen molar-refractivity contribution in [3.63, 3.8) is 0 Å². The maximum absolute atomic E-state index is 11.3. The number of carbonyl (C=O) groups excluding carboxylic acids is 1. The minimum Gasteiger partial charge on any atom is -0.353 e. The van der Waals surface area contributed by atoms with E-state index >= 15 is 0 Å². The predicted octanol–water partition coefficient (Wildman–Crippen LogP) is 1.81. The molecule has 1 unspecified atom stereocenters. The van der Waals surface area contributed by atoms with Crippen LogP contribution in [0.3, 0.4) is 0 Å².